The Kier molecular flexibility index (Phi) is 5.31. The third-order valence-corrected chi connectivity index (χ3v) is 4.53. The summed E-state index contributed by atoms with van der Waals surface area (Å²) in [5, 5.41) is 7.78. The van der Waals surface area contributed by atoms with Crippen molar-refractivity contribution in [3.63, 3.8) is 0 Å². The summed E-state index contributed by atoms with van der Waals surface area (Å²) in [5.41, 5.74) is 4.65. The molecular weight excluding hydrogens is 282 g/mol. The molecule has 0 amide bonds. The van der Waals surface area contributed by atoms with E-state index in [1.54, 1.807) is 7.11 Å². The number of rotatable bonds is 6. The molecule has 0 radical (unpaired) electrons. The number of nitrogens with zero attached hydrogens (tertiary/aromatic N) is 2. The highest BCUT2D eigenvalue weighted by Gasteiger charge is 2.21. The summed E-state index contributed by atoms with van der Waals surface area (Å²) in [6.45, 7) is 9.36. The summed E-state index contributed by atoms with van der Waals surface area (Å²) in [6.07, 6.45) is 1.09. The van der Waals surface area contributed by atoms with Crippen molar-refractivity contribution in [3.05, 3.63) is 39.4 Å². The Bertz CT molecular complexity index is 610. The largest absolute Gasteiger partial charge is 0.496 e. The molecule has 114 valence electrons. The molecule has 1 atom stereocenters. The van der Waals surface area contributed by atoms with Crippen LogP contribution in [0.4, 0.5) is 0 Å². The standard InChI is InChI=1S/C16H23N3OS/c1-6-7-17-15(16-12(4)18-19-21-16)13-8-11(3)14(20-5)9-10(13)2/h8-9,15,17H,6-7H2,1-5H3. The van der Waals surface area contributed by atoms with E-state index in [1.807, 2.05) is 6.92 Å². The van der Waals surface area contributed by atoms with Crippen LogP contribution in [0.25, 0.3) is 0 Å². The minimum Gasteiger partial charge on any atom is -0.496 e. The minimum absolute atomic E-state index is 0.148. The van der Waals surface area contributed by atoms with Crippen molar-refractivity contribution in [1.29, 1.82) is 0 Å². The molecule has 0 fully saturated rings. The van der Waals surface area contributed by atoms with Gasteiger partial charge in [0.15, 0.2) is 0 Å². The van der Waals surface area contributed by atoms with Gasteiger partial charge in [0.1, 0.15) is 5.75 Å². The second-order valence-electron chi connectivity index (χ2n) is 5.29. The highest BCUT2D eigenvalue weighted by atomic mass is 32.1. The lowest BCUT2D eigenvalue weighted by Gasteiger charge is -2.21. The van der Waals surface area contributed by atoms with Crippen LogP contribution >= 0.6 is 11.5 Å². The van der Waals surface area contributed by atoms with E-state index in [0.717, 1.165) is 30.0 Å². The average molecular weight is 305 g/mol. The van der Waals surface area contributed by atoms with Gasteiger partial charge in [-0.2, -0.15) is 0 Å². The molecule has 1 N–H and O–H groups in total. The van der Waals surface area contributed by atoms with Crippen LogP contribution in [0.2, 0.25) is 0 Å². The van der Waals surface area contributed by atoms with Gasteiger partial charge in [0.25, 0.3) is 0 Å². The smallest absolute Gasteiger partial charge is 0.122 e. The molecule has 0 aliphatic heterocycles. The summed E-state index contributed by atoms with van der Waals surface area (Å²) in [7, 11) is 1.71. The first-order valence-electron chi connectivity index (χ1n) is 7.25. The normalized spacial score (nSPS) is 12.4. The minimum atomic E-state index is 0.148. The summed E-state index contributed by atoms with van der Waals surface area (Å²) in [6, 6.07) is 4.46. The fourth-order valence-electron chi connectivity index (χ4n) is 2.48. The number of ether oxygens (including phenoxy) is 1. The lowest BCUT2D eigenvalue weighted by Crippen LogP contribution is -2.24. The maximum atomic E-state index is 5.41. The number of aromatic nitrogens is 2. The van der Waals surface area contributed by atoms with Gasteiger partial charge in [0.2, 0.25) is 0 Å². The van der Waals surface area contributed by atoms with E-state index in [-0.39, 0.29) is 6.04 Å². The van der Waals surface area contributed by atoms with E-state index in [2.05, 4.69) is 47.8 Å². The predicted octanol–water partition coefficient (Wildman–Crippen LogP) is 3.56. The molecule has 0 spiro atoms. The fourth-order valence-corrected chi connectivity index (χ4v) is 3.22. The van der Waals surface area contributed by atoms with Crippen LogP contribution in [-0.2, 0) is 0 Å². The van der Waals surface area contributed by atoms with Crippen LogP contribution in [-0.4, -0.2) is 23.2 Å². The monoisotopic (exact) mass is 305 g/mol. The Labute approximate surface area is 130 Å². The van der Waals surface area contributed by atoms with E-state index >= 15 is 0 Å². The van der Waals surface area contributed by atoms with Gasteiger partial charge >= 0.3 is 0 Å². The molecule has 5 heteroatoms. The molecule has 1 aromatic heterocycles. The second kappa shape index (κ2) is 7.00. The summed E-state index contributed by atoms with van der Waals surface area (Å²) in [5.74, 6) is 0.935. The highest BCUT2D eigenvalue weighted by Crippen LogP contribution is 2.32. The number of hydrogen-bond acceptors (Lipinski definition) is 5. The van der Waals surface area contributed by atoms with Crippen LogP contribution in [0, 0.1) is 20.8 Å². The zero-order valence-electron chi connectivity index (χ0n) is 13.4. The Morgan fingerprint density at radius 2 is 2.00 bits per heavy atom. The van der Waals surface area contributed by atoms with E-state index in [4.69, 9.17) is 4.74 Å². The Morgan fingerprint density at radius 1 is 1.24 bits per heavy atom. The molecule has 0 bridgehead atoms. The lowest BCUT2D eigenvalue weighted by molar-refractivity contribution is 0.411. The zero-order valence-corrected chi connectivity index (χ0v) is 14.2. The van der Waals surface area contributed by atoms with Crippen LogP contribution < -0.4 is 10.1 Å². The fraction of sp³-hybridized carbons (Fsp3) is 0.500. The van der Waals surface area contributed by atoms with Crippen molar-refractivity contribution in [3.8, 4) is 5.75 Å². The predicted molar refractivity (Wildman–Crippen MR) is 87.3 cm³/mol. The van der Waals surface area contributed by atoms with Gasteiger partial charge in [-0.3, -0.25) is 0 Å². The summed E-state index contributed by atoms with van der Waals surface area (Å²) < 4.78 is 9.50. The van der Waals surface area contributed by atoms with Crippen molar-refractivity contribution in [2.45, 2.75) is 40.2 Å². The summed E-state index contributed by atoms with van der Waals surface area (Å²) in [4.78, 5) is 1.19. The van der Waals surface area contributed by atoms with Crippen molar-refractivity contribution in [2.75, 3.05) is 13.7 Å². The average Bonchev–Trinajstić information content (AvgIpc) is 2.88. The van der Waals surface area contributed by atoms with Gasteiger partial charge in [-0.05, 0) is 68.0 Å². The number of benzene rings is 1. The van der Waals surface area contributed by atoms with Gasteiger partial charge in [-0.1, -0.05) is 17.5 Å². The van der Waals surface area contributed by atoms with Crippen molar-refractivity contribution >= 4 is 11.5 Å². The highest BCUT2D eigenvalue weighted by molar-refractivity contribution is 7.05. The number of hydrogen-bond donors (Lipinski definition) is 1. The van der Waals surface area contributed by atoms with Crippen molar-refractivity contribution in [2.24, 2.45) is 0 Å². The van der Waals surface area contributed by atoms with E-state index < -0.39 is 0 Å². The lowest BCUT2D eigenvalue weighted by atomic mass is 9.96. The van der Waals surface area contributed by atoms with Gasteiger partial charge < -0.3 is 10.1 Å². The van der Waals surface area contributed by atoms with Gasteiger partial charge in [0, 0.05) is 0 Å². The van der Waals surface area contributed by atoms with Crippen molar-refractivity contribution in [1.82, 2.24) is 14.9 Å². The molecule has 0 saturated heterocycles. The van der Waals surface area contributed by atoms with Crippen LogP contribution in [0.15, 0.2) is 12.1 Å². The number of methoxy groups -OCH3 is 1. The Morgan fingerprint density at radius 3 is 2.57 bits per heavy atom. The third kappa shape index (κ3) is 3.41. The molecule has 1 heterocycles. The zero-order chi connectivity index (χ0) is 15.4. The van der Waals surface area contributed by atoms with Gasteiger partial charge in [0.05, 0.1) is 23.7 Å². The first kappa shape index (κ1) is 15.9. The van der Waals surface area contributed by atoms with Gasteiger partial charge in [-0.15, -0.1) is 5.10 Å². The maximum Gasteiger partial charge on any atom is 0.122 e. The topological polar surface area (TPSA) is 47.0 Å². The van der Waals surface area contributed by atoms with E-state index in [9.17, 15) is 0 Å². The Balaban J connectivity index is 2.46. The number of nitrogens with one attached hydrogen (secondary N) is 1. The number of aryl methyl sites for hydroxylation is 3. The SMILES string of the molecule is CCCNC(c1cc(C)c(OC)cc1C)c1snnc1C. The first-order chi connectivity index (χ1) is 10.1. The molecule has 4 nitrogen and oxygen atoms in total. The Hall–Kier alpha value is -1.46. The van der Waals surface area contributed by atoms with Crippen molar-refractivity contribution < 1.29 is 4.74 Å². The molecule has 2 aromatic rings. The molecule has 2 rings (SSSR count). The van der Waals surface area contributed by atoms with E-state index in [0.29, 0.717) is 0 Å². The van der Waals surface area contributed by atoms with Crippen LogP contribution in [0.1, 0.15) is 46.6 Å². The first-order valence-corrected chi connectivity index (χ1v) is 8.03. The van der Waals surface area contributed by atoms with Crippen LogP contribution in [0.3, 0.4) is 0 Å². The summed E-state index contributed by atoms with van der Waals surface area (Å²) >= 11 is 1.47. The molecule has 0 aliphatic carbocycles. The second-order valence-corrected chi connectivity index (χ2v) is 6.07. The van der Waals surface area contributed by atoms with Crippen LogP contribution in [0.5, 0.6) is 5.75 Å². The quantitative estimate of drug-likeness (QED) is 0.886. The molecule has 0 saturated carbocycles. The molecule has 21 heavy (non-hydrogen) atoms. The van der Waals surface area contributed by atoms with Gasteiger partial charge in [-0.25, -0.2) is 0 Å². The molecule has 0 aliphatic rings. The molecular formula is C16H23N3OS. The third-order valence-electron chi connectivity index (χ3n) is 3.64. The molecule has 1 aromatic carbocycles. The molecule has 1 unspecified atom stereocenters. The van der Waals surface area contributed by atoms with E-state index in [1.165, 1.54) is 27.5 Å². The maximum absolute atomic E-state index is 5.41.